The minimum absolute atomic E-state index is 0.125. The summed E-state index contributed by atoms with van der Waals surface area (Å²) in [5.41, 5.74) is 3.16. The zero-order valence-corrected chi connectivity index (χ0v) is 23.0. The molecular weight excluding hydrogens is 536 g/mol. The van der Waals surface area contributed by atoms with E-state index in [2.05, 4.69) is 32.1 Å². The molecule has 2 aromatic carbocycles. The Hall–Kier alpha value is -4.00. The van der Waals surface area contributed by atoms with E-state index in [4.69, 9.17) is 4.74 Å². The van der Waals surface area contributed by atoms with Crippen molar-refractivity contribution in [3.63, 3.8) is 0 Å². The summed E-state index contributed by atoms with van der Waals surface area (Å²) in [6.45, 7) is 7.39. The van der Waals surface area contributed by atoms with Crippen LogP contribution in [0.5, 0.6) is 11.6 Å². The van der Waals surface area contributed by atoms with Crippen LogP contribution < -0.4 is 20.3 Å². The monoisotopic (exact) mass is 564 g/mol. The highest BCUT2D eigenvalue weighted by Gasteiger charge is 2.25. The van der Waals surface area contributed by atoms with E-state index in [0.29, 0.717) is 49.4 Å². The lowest BCUT2D eigenvalue weighted by molar-refractivity contribution is -0.111. The van der Waals surface area contributed by atoms with Gasteiger partial charge in [0.1, 0.15) is 10.4 Å². The lowest BCUT2D eigenvalue weighted by Crippen LogP contribution is -2.49. The molecule has 1 saturated heterocycles. The Morgan fingerprint density at radius 3 is 2.56 bits per heavy atom. The number of hydrogen-bond acceptors (Lipinski definition) is 9. The molecule has 0 bridgehead atoms. The van der Waals surface area contributed by atoms with Crippen molar-refractivity contribution in [1.29, 1.82) is 0 Å². The van der Waals surface area contributed by atoms with Crippen molar-refractivity contribution in [3.05, 3.63) is 72.6 Å². The van der Waals surface area contributed by atoms with Gasteiger partial charge in [-0.25, -0.2) is 13.4 Å². The van der Waals surface area contributed by atoms with E-state index in [1.165, 1.54) is 17.4 Å². The first kappa shape index (κ1) is 26.6. The molecule has 1 fully saturated rings. The summed E-state index contributed by atoms with van der Waals surface area (Å²) in [5.74, 6) is 1.13. The Morgan fingerprint density at radius 2 is 1.85 bits per heavy atom. The van der Waals surface area contributed by atoms with Crippen LogP contribution in [-0.4, -0.2) is 60.5 Å². The van der Waals surface area contributed by atoms with Crippen molar-refractivity contribution >= 4 is 60.5 Å². The van der Waals surface area contributed by atoms with E-state index >= 15 is 0 Å². The molecule has 2 aromatic heterocycles. The molecule has 1 aliphatic rings. The van der Waals surface area contributed by atoms with Crippen LogP contribution in [0.4, 0.5) is 23.0 Å². The number of amides is 1. The number of nitrogens with one attached hydrogen (secondary N) is 2. The SMILES string of the molecule is C=CC(=O)Nc1cccc(Oc2nc(Nc3ccc(N4CCN(S(=O)(=O)CC)CC4)cc3)nc3ccsc23)c1. The molecule has 2 N–H and O–H groups in total. The summed E-state index contributed by atoms with van der Waals surface area (Å²) < 4.78 is 32.7. The van der Waals surface area contributed by atoms with Crippen LogP contribution in [0.2, 0.25) is 0 Å². The van der Waals surface area contributed by atoms with Crippen molar-refractivity contribution < 1.29 is 17.9 Å². The number of aromatic nitrogens is 2. The van der Waals surface area contributed by atoms with Crippen molar-refractivity contribution in [2.75, 3.05) is 47.5 Å². The van der Waals surface area contributed by atoms with Crippen LogP contribution in [-0.2, 0) is 14.8 Å². The number of hydrogen-bond donors (Lipinski definition) is 2. The Bertz CT molecular complexity index is 1600. The fourth-order valence-electron chi connectivity index (χ4n) is 4.20. The van der Waals surface area contributed by atoms with E-state index in [-0.39, 0.29) is 11.7 Å². The highest BCUT2D eigenvalue weighted by Crippen LogP contribution is 2.34. The van der Waals surface area contributed by atoms with Gasteiger partial charge in [0.2, 0.25) is 27.8 Å². The van der Waals surface area contributed by atoms with Crippen LogP contribution in [0.15, 0.2) is 72.6 Å². The van der Waals surface area contributed by atoms with Crippen LogP contribution >= 0.6 is 11.3 Å². The predicted octanol–water partition coefficient (Wildman–Crippen LogP) is 4.82. The molecule has 0 radical (unpaired) electrons. The summed E-state index contributed by atoms with van der Waals surface area (Å²) in [4.78, 5) is 23.1. The van der Waals surface area contributed by atoms with Gasteiger partial charge in [-0.05, 0) is 60.8 Å². The molecular formula is C27H28N6O4S2. The molecule has 3 heterocycles. The smallest absolute Gasteiger partial charge is 0.247 e. The van der Waals surface area contributed by atoms with Crippen LogP contribution in [0.3, 0.4) is 0 Å². The van der Waals surface area contributed by atoms with Gasteiger partial charge in [0.25, 0.3) is 0 Å². The molecule has 1 amide bonds. The minimum Gasteiger partial charge on any atom is -0.437 e. The number of carbonyl (C=O) groups excluding carboxylic acids is 1. The van der Waals surface area contributed by atoms with Crippen LogP contribution in [0, 0.1) is 0 Å². The number of thiophene rings is 1. The van der Waals surface area contributed by atoms with Crippen molar-refractivity contribution in [1.82, 2.24) is 14.3 Å². The molecule has 0 saturated carbocycles. The van der Waals surface area contributed by atoms with E-state index < -0.39 is 10.0 Å². The van der Waals surface area contributed by atoms with E-state index in [0.717, 1.165) is 21.6 Å². The second-order valence-corrected chi connectivity index (χ2v) is 11.9. The predicted molar refractivity (Wildman–Crippen MR) is 156 cm³/mol. The van der Waals surface area contributed by atoms with Gasteiger partial charge in [0, 0.05) is 49.3 Å². The number of fused-ring (bicyclic) bond motifs is 1. The Balaban J connectivity index is 1.29. The number of ether oxygens (including phenoxy) is 1. The Labute approximate surface area is 231 Å². The molecule has 0 spiro atoms. The standard InChI is InChI=1S/C27H28N6O4S2/c1-3-24(34)28-20-6-5-7-22(18-20)37-26-25-23(12-17-38-25)30-27(31-26)29-19-8-10-21(11-9-19)32-13-15-33(16-14-32)39(35,36)4-2/h3,5-12,17-18H,1,4,13-16H2,2H3,(H,28,34)(H,29,30,31). The maximum atomic E-state index is 12.1. The van der Waals surface area contributed by atoms with E-state index in [1.807, 2.05) is 35.7 Å². The summed E-state index contributed by atoms with van der Waals surface area (Å²) in [6.07, 6.45) is 1.21. The molecule has 39 heavy (non-hydrogen) atoms. The normalized spacial score (nSPS) is 14.2. The molecule has 10 nitrogen and oxygen atoms in total. The first-order valence-electron chi connectivity index (χ1n) is 12.4. The number of carbonyl (C=O) groups is 1. The highest BCUT2D eigenvalue weighted by molar-refractivity contribution is 7.89. The Kier molecular flexibility index (Phi) is 7.77. The van der Waals surface area contributed by atoms with E-state index in [9.17, 15) is 13.2 Å². The highest BCUT2D eigenvalue weighted by atomic mass is 32.2. The largest absolute Gasteiger partial charge is 0.437 e. The van der Waals surface area contributed by atoms with Crippen molar-refractivity contribution in [3.8, 4) is 11.6 Å². The third-order valence-corrected chi connectivity index (χ3v) is 9.03. The number of nitrogens with zero attached hydrogens (tertiary/aromatic N) is 4. The number of benzene rings is 2. The Morgan fingerprint density at radius 1 is 1.08 bits per heavy atom. The van der Waals surface area contributed by atoms with Gasteiger partial charge in [-0.3, -0.25) is 4.79 Å². The second kappa shape index (κ2) is 11.4. The summed E-state index contributed by atoms with van der Waals surface area (Å²) in [6, 6.07) is 16.8. The fraction of sp³-hybridized carbons (Fsp3) is 0.222. The average molecular weight is 565 g/mol. The van der Waals surface area contributed by atoms with Crippen LogP contribution in [0.1, 0.15) is 6.92 Å². The number of anilines is 4. The zero-order valence-electron chi connectivity index (χ0n) is 21.3. The first-order chi connectivity index (χ1) is 18.8. The quantitative estimate of drug-likeness (QED) is 0.278. The minimum atomic E-state index is -3.16. The third kappa shape index (κ3) is 6.19. The zero-order chi connectivity index (χ0) is 27.4. The van der Waals surface area contributed by atoms with Crippen molar-refractivity contribution in [2.24, 2.45) is 0 Å². The molecule has 202 valence electrons. The van der Waals surface area contributed by atoms with Gasteiger partial charge in [0.15, 0.2) is 0 Å². The maximum Gasteiger partial charge on any atom is 0.247 e. The van der Waals surface area contributed by atoms with Gasteiger partial charge in [0.05, 0.1) is 11.3 Å². The van der Waals surface area contributed by atoms with Crippen LogP contribution in [0.25, 0.3) is 10.2 Å². The van der Waals surface area contributed by atoms with Gasteiger partial charge in [-0.2, -0.15) is 9.29 Å². The molecule has 0 atom stereocenters. The van der Waals surface area contributed by atoms with Gasteiger partial charge < -0.3 is 20.3 Å². The third-order valence-electron chi connectivity index (χ3n) is 6.26. The average Bonchev–Trinajstić information content (AvgIpc) is 3.43. The van der Waals surface area contributed by atoms with Gasteiger partial charge in [-0.1, -0.05) is 12.6 Å². The lowest BCUT2D eigenvalue weighted by atomic mass is 10.2. The lowest BCUT2D eigenvalue weighted by Gasteiger charge is -2.35. The van der Waals surface area contributed by atoms with Crippen molar-refractivity contribution in [2.45, 2.75) is 6.92 Å². The molecule has 12 heteroatoms. The number of sulfonamides is 1. The van der Waals surface area contributed by atoms with Gasteiger partial charge >= 0.3 is 0 Å². The molecule has 0 unspecified atom stereocenters. The fourth-order valence-corrected chi connectivity index (χ4v) is 6.04. The first-order valence-corrected chi connectivity index (χ1v) is 14.9. The summed E-state index contributed by atoms with van der Waals surface area (Å²) in [5, 5.41) is 7.90. The molecule has 0 aliphatic carbocycles. The number of rotatable bonds is 9. The summed E-state index contributed by atoms with van der Waals surface area (Å²) in [7, 11) is -3.16. The van der Waals surface area contributed by atoms with E-state index in [1.54, 1.807) is 35.5 Å². The topological polar surface area (TPSA) is 117 Å². The molecule has 5 rings (SSSR count). The van der Waals surface area contributed by atoms with Gasteiger partial charge in [-0.15, -0.1) is 11.3 Å². The number of piperazine rings is 1. The summed E-state index contributed by atoms with van der Waals surface area (Å²) >= 11 is 1.48. The molecule has 1 aliphatic heterocycles. The second-order valence-electron chi connectivity index (χ2n) is 8.77. The molecule has 4 aromatic rings. The maximum absolute atomic E-state index is 12.1.